The molecule has 1 heterocycles. The van der Waals surface area contributed by atoms with Gasteiger partial charge in [-0.05, 0) is 36.8 Å². The van der Waals surface area contributed by atoms with Gasteiger partial charge >= 0.3 is 12.2 Å². The second-order valence-corrected chi connectivity index (χ2v) is 7.46. The number of halogens is 4. The third kappa shape index (κ3) is 4.12. The van der Waals surface area contributed by atoms with Gasteiger partial charge in [0.05, 0.1) is 11.3 Å². The van der Waals surface area contributed by atoms with Gasteiger partial charge in [0.25, 0.3) is 5.91 Å². The van der Waals surface area contributed by atoms with Gasteiger partial charge in [-0.15, -0.1) is 0 Å². The van der Waals surface area contributed by atoms with Crippen LogP contribution in [0, 0.1) is 0 Å². The van der Waals surface area contributed by atoms with Crippen molar-refractivity contribution in [3.05, 3.63) is 64.1 Å². The molecule has 3 rings (SSSR count). The summed E-state index contributed by atoms with van der Waals surface area (Å²) in [6, 6.07) is 10.3. The summed E-state index contributed by atoms with van der Waals surface area (Å²) in [5, 5.41) is 4.65. The molecule has 1 atom stereocenters. The number of benzene rings is 2. The number of hydrogen-bond acceptors (Lipinski definition) is 3. The van der Waals surface area contributed by atoms with Crippen molar-refractivity contribution in [2.45, 2.75) is 18.6 Å². The number of nitrogens with zero attached hydrogens (tertiary/aromatic N) is 1. The molecule has 1 saturated heterocycles. The monoisotopic (exact) mass is 469 g/mol. The molecule has 0 saturated carbocycles. The lowest BCUT2D eigenvalue weighted by Gasteiger charge is -2.22. The van der Waals surface area contributed by atoms with Crippen molar-refractivity contribution in [2.24, 2.45) is 0 Å². The van der Waals surface area contributed by atoms with Crippen LogP contribution in [0.1, 0.15) is 18.1 Å². The molecule has 29 heavy (non-hydrogen) atoms. The first-order chi connectivity index (χ1) is 13.5. The number of rotatable bonds is 4. The molecule has 4 amide bonds. The fraction of sp³-hybridized carbons (Fsp3) is 0.211. The zero-order valence-electron chi connectivity index (χ0n) is 15.0. The summed E-state index contributed by atoms with van der Waals surface area (Å²) >= 11 is 3.28. The van der Waals surface area contributed by atoms with Crippen LogP contribution < -0.4 is 10.6 Å². The first-order valence-electron chi connectivity index (χ1n) is 8.38. The first-order valence-corrected chi connectivity index (χ1v) is 9.18. The Kier molecular flexibility index (Phi) is 5.40. The van der Waals surface area contributed by atoms with Gasteiger partial charge in [-0.2, -0.15) is 13.2 Å². The lowest BCUT2D eigenvalue weighted by atomic mass is 9.92. The van der Waals surface area contributed by atoms with E-state index in [0.29, 0.717) is 10.5 Å². The molecule has 2 aromatic rings. The topological polar surface area (TPSA) is 78.5 Å². The zero-order chi connectivity index (χ0) is 21.4. The molecular formula is C19H15BrF3N3O3. The molecule has 0 radical (unpaired) electrons. The Morgan fingerprint density at radius 3 is 2.38 bits per heavy atom. The molecule has 0 aromatic heterocycles. The maximum absolute atomic E-state index is 13.1. The standard InChI is InChI=1S/C19H15BrF3N3O3/c1-18(11-6-8-12(20)9-7-11)16(28)26(17(29)25-18)10-15(27)24-14-5-3-2-4-13(14)19(21,22)23/h2-9H,10H2,1H3,(H,24,27)(H,25,29). The predicted octanol–water partition coefficient (Wildman–Crippen LogP) is 3.87. The van der Waals surface area contributed by atoms with Gasteiger partial charge in [0.1, 0.15) is 12.1 Å². The number of alkyl halides is 3. The number of imide groups is 1. The molecular weight excluding hydrogens is 455 g/mol. The Hall–Kier alpha value is -2.88. The van der Waals surface area contributed by atoms with Crippen LogP contribution in [0.4, 0.5) is 23.7 Å². The summed E-state index contributed by atoms with van der Waals surface area (Å²) < 4.78 is 40.0. The minimum absolute atomic E-state index is 0.451. The molecule has 1 fully saturated rings. The molecule has 152 valence electrons. The van der Waals surface area contributed by atoms with Gasteiger partial charge in [0.2, 0.25) is 5.91 Å². The second kappa shape index (κ2) is 7.51. The number of carbonyl (C=O) groups excluding carboxylic acids is 3. The Morgan fingerprint density at radius 1 is 1.14 bits per heavy atom. The lowest BCUT2D eigenvalue weighted by Crippen LogP contribution is -2.42. The van der Waals surface area contributed by atoms with Gasteiger partial charge in [-0.25, -0.2) is 4.79 Å². The lowest BCUT2D eigenvalue weighted by molar-refractivity contribution is -0.137. The van der Waals surface area contributed by atoms with Gasteiger partial charge in [-0.1, -0.05) is 40.2 Å². The SMILES string of the molecule is CC1(c2ccc(Br)cc2)NC(=O)N(CC(=O)Nc2ccccc2C(F)(F)F)C1=O. The summed E-state index contributed by atoms with van der Waals surface area (Å²) in [6.45, 7) is 0.774. The Labute approximate surface area is 172 Å². The van der Waals surface area contributed by atoms with Crippen molar-refractivity contribution in [1.82, 2.24) is 10.2 Å². The molecule has 10 heteroatoms. The molecule has 1 unspecified atom stereocenters. The summed E-state index contributed by atoms with van der Waals surface area (Å²) in [5.74, 6) is -1.60. The third-order valence-electron chi connectivity index (χ3n) is 4.50. The highest BCUT2D eigenvalue weighted by molar-refractivity contribution is 9.10. The smallest absolute Gasteiger partial charge is 0.324 e. The van der Waals surface area contributed by atoms with Crippen molar-refractivity contribution in [3.8, 4) is 0 Å². The third-order valence-corrected chi connectivity index (χ3v) is 5.03. The highest BCUT2D eigenvalue weighted by Crippen LogP contribution is 2.35. The van der Waals surface area contributed by atoms with Crippen LogP contribution in [0.2, 0.25) is 0 Å². The van der Waals surface area contributed by atoms with E-state index in [1.165, 1.54) is 19.1 Å². The van der Waals surface area contributed by atoms with Crippen LogP contribution in [0.5, 0.6) is 0 Å². The molecule has 0 spiro atoms. The molecule has 2 aromatic carbocycles. The van der Waals surface area contributed by atoms with Crippen LogP contribution in [0.15, 0.2) is 53.0 Å². The average Bonchev–Trinajstić information content (AvgIpc) is 2.86. The largest absolute Gasteiger partial charge is 0.418 e. The van der Waals surface area contributed by atoms with E-state index in [4.69, 9.17) is 0 Å². The van der Waals surface area contributed by atoms with Crippen LogP contribution in [0.25, 0.3) is 0 Å². The van der Waals surface area contributed by atoms with Crippen molar-refractivity contribution < 1.29 is 27.6 Å². The zero-order valence-corrected chi connectivity index (χ0v) is 16.6. The Bertz CT molecular complexity index is 979. The van der Waals surface area contributed by atoms with Crippen molar-refractivity contribution >= 4 is 39.5 Å². The normalized spacial score (nSPS) is 19.3. The molecule has 1 aliphatic rings. The highest BCUT2D eigenvalue weighted by atomic mass is 79.9. The first kappa shape index (κ1) is 20.8. The molecule has 6 nitrogen and oxygen atoms in total. The highest BCUT2D eigenvalue weighted by Gasteiger charge is 2.49. The number of anilines is 1. The molecule has 0 bridgehead atoms. The minimum atomic E-state index is -4.66. The van der Waals surface area contributed by atoms with Gasteiger partial charge < -0.3 is 10.6 Å². The van der Waals surface area contributed by atoms with Crippen molar-refractivity contribution in [1.29, 1.82) is 0 Å². The Morgan fingerprint density at radius 2 is 1.76 bits per heavy atom. The van der Waals surface area contributed by atoms with E-state index >= 15 is 0 Å². The predicted molar refractivity (Wildman–Crippen MR) is 102 cm³/mol. The van der Waals surface area contributed by atoms with E-state index in [2.05, 4.69) is 26.6 Å². The van der Waals surface area contributed by atoms with Gasteiger partial charge in [0.15, 0.2) is 0 Å². The molecule has 2 N–H and O–H groups in total. The Balaban J connectivity index is 1.77. The number of amides is 4. The van der Waals surface area contributed by atoms with Crippen LogP contribution >= 0.6 is 15.9 Å². The quantitative estimate of drug-likeness (QED) is 0.667. The van der Waals surface area contributed by atoms with Crippen molar-refractivity contribution in [2.75, 3.05) is 11.9 Å². The maximum Gasteiger partial charge on any atom is 0.418 e. The number of nitrogens with one attached hydrogen (secondary N) is 2. The van der Waals surface area contributed by atoms with Crippen molar-refractivity contribution in [3.63, 3.8) is 0 Å². The summed E-state index contributed by atoms with van der Waals surface area (Å²) in [6.07, 6.45) is -4.66. The maximum atomic E-state index is 13.1. The number of hydrogen-bond donors (Lipinski definition) is 2. The van der Waals surface area contributed by atoms with Gasteiger partial charge in [-0.3, -0.25) is 14.5 Å². The number of para-hydroxylation sites is 1. The van der Waals surface area contributed by atoms with E-state index < -0.39 is 47.4 Å². The number of carbonyl (C=O) groups is 3. The summed E-state index contributed by atoms with van der Waals surface area (Å²) in [4.78, 5) is 38.0. The van der Waals surface area contributed by atoms with Crippen LogP contribution in [-0.2, 0) is 21.3 Å². The number of urea groups is 1. The van der Waals surface area contributed by atoms with E-state index in [-0.39, 0.29) is 0 Å². The van der Waals surface area contributed by atoms with E-state index in [0.717, 1.165) is 16.6 Å². The summed E-state index contributed by atoms with van der Waals surface area (Å²) in [5.41, 5.74) is -2.36. The fourth-order valence-electron chi connectivity index (χ4n) is 2.99. The van der Waals surface area contributed by atoms with E-state index in [1.807, 2.05) is 0 Å². The van der Waals surface area contributed by atoms with E-state index in [1.54, 1.807) is 24.3 Å². The molecule has 0 aliphatic carbocycles. The van der Waals surface area contributed by atoms with E-state index in [9.17, 15) is 27.6 Å². The molecule has 1 aliphatic heterocycles. The second-order valence-electron chi connectivity index (χ2n) is 6.54. The van der Waals surface area contributed by atoms with Crippen LogP contribution in [-0.4, -0.2) is 29.3 Å². The fourth-order valence-corrected chi connectivity index (χ4v) is 3.26. The average molecular weight is 470 g/mol. The summed E-state index contributed by atoms with van der Waals surface area (Å²) in [7, 11) is 0. The minimum Gasteiger partial charge on any atom is -0.324 e. The van der Waals surface area contributed by atoms with Crippen LogP contribution in [0.3, 0.4) is 0 Å². The van der Waals surface area contributed by atoms with Gasteiger partial charge in [0, 0.05) is 4.47 Å².